The van der Waals surface area contributed by atoms with Gasteiger partial charge in [-0.15, -0.1) is 0 Å². The minimum Gasteiger partial charge on any atom is -0.481 e. The lowest BCUT2D eigenvalue weighted by atomic mass is 9.90. The van der Waals surface area contributed by atoms with Crippen molar-refractivity contribution < 1.29 is 14.7 Å². The maximum Gasteiger partial charge on any atom is 0.317 e. The van der Waals surface area contributed by atoms with Crippen LogP contribution in [0.5, 0.6) is 0 Å². The van der Waals surface area contributed by atoms with E-state index >= 15 is 0 Å². The first-order chi connectivity index (χ1) is 11.3. The summed E-state index contributed by atoms with van der Waals surface area (Å²) in [7, 11) is 0. The van der Waals surface area contributed by atoms with Gasteiger partial charge in [-0.2, -0.15) is 0 Å². The normalized spacial score (nSPS) is 27.1. The van der Waals surface area contributed by atoms with Crippen LogP contribution in [0.15, 0.2) is 0 Å². The molecule has 2 aliphatic rings. The van der Waals surface area contributed by atoms with Gasteiger partial charge in [-0.25, -0.2) is 4.79 Å². The molecule has 0 aromatic rings. The van der Waals surface area contributed by atoms with Crippen molar-refractivity contribution >= 4 is 12.0 Å². The Hall–Kier alpha value is -1.30. The Labute approximate surface area is 145 Å². The molecule has 138 valence electrons. The van der Waals surface area contributed by atoms with E-state index in [9.17, 15) is 14.7 Å². The molecule has 6 heteroatoms. The molecule has 2 unspecified atom stereocenters. The molecule has 2 N–H and O–H groups in total. The topological polar surface area (TPSA) is 72.9 Å². The van der Waals surface area contributed by atoms with Crippen molar-refractivity contribution in [2.24, 2.45) is 11.3 Å². The van der Waals surface area contributed by atoms with Crippen molar-refractivity contribution in [3.05, 3.63) is 0 Å². The quantitative estimate of drug-likeness (QED) is 0.807. The Morgan fingerprint density at radius 1 is 1.12 bits per heavy atom. The molecule has 2 atom stereocenters. The molecule has 0 saturated carbocycles. The average molecular weight is 339 g/mol. The zero-order valence-electron chi connectivity index (χ0n) is 15.4. The summed E-state index contributed by atoms with van der Waals surface area (Å²) in [6.07, 6.45) is 5.60. The second kappa shape index (κ2) is 8.19. The van der Waals surface area contributed by atoms with Crippen molar-refractivity contribution in [2.45, 2.75) is 58.9 Å². The van der Waals surface area contributed by atoms with Gasteiger partial charge in [0, 0.05) is 25.7 Å². The number of aliphatic carboxylic acids is 1. The minimum absolute atomic E-state index is 0.125. The lowest BCUT2D eigenvalue weighted by Crippen LogP contribution is -2.50. The third-order valence-corrected chi connectivity index (χ3v) is 5.62. The molecule has 2 rings (SSSR count). The van der Waals surface area contributed by atoms with Gasteiger partial charge in [0.15, 0.2) is 0 Å². The van der Waals surface area contributed by atoms with Gasteiger partial charge in [0.05, 0.1) is 5.41 Å². The van der Waals surface area contributed by atoms with Crippen LogP contribution < -0.4 is 5.32 Å². The van der Waals surface area contributed by atoms with Crippen molar-refractivity contribution in [1.82, 2.24) is 15.1 Å². The summed E-state index contributed by atoms with van der Waals surface area (Å²) in [6, 6.07) is 0.223. The molecule has 2 heterocycles. The molecule has 6 nitrogen and oxygen atoms in total. The fourth-order valence-corrected chi connectivity index (χ4v) is 3.83. The molecule has 0 bridgehead atoms. The second-order valence-electron chi connectivity index (χ2n) is 7.98. The third kappa shape index (κ3) is 4.62. The predicted octanol–water partition coefficient (Wildman–Crippen LogP) is 2.39. The summed E-state index contributed by atoms with van der Waals surface area (Å²) < 4.78 is 0. The highest BCUT2D eigenvalue weighted by atomic mass is 16.4. The van der Waals surface area contributed by atoms with E-state index in [0.717, 1.165) is 13.1 Å². The Bertz CT molecular complexity index is 447. The summed E-state index contributed by atoms with van der Waals surface area (Å²) >= 11 is 0. The van der Waals surface area contributed by atoms with Crippen molar-refractivity contribution in [2.75, 3.05) is 32.7 Å². The number of hydrogen-bond donors (Lipinski definition) is 2. The first-order valence-electron chi connectivity index (χ1n) is 9.34. The Morgan fingerprint density at radius 3 is 2.25 bits per heavy atom. The van der Waals surface area contributed by atoms with Crippen molar-refractivity contribution in [3.8, 4) is 0 Å². The van der Waals surface area contributed by atoms with Gasteiger partial charge in [-0.1, -0.05) is 26.7 Å². The molecule has 24 heavy (non-hydrogen) atoms. The molecule has 2 saturated heterocycles. The number of nitrogens with zero attached hydrogens (tertiary/aromatic N) is 2. The van der Waals surface area contributed by atoms with Crippen LogP contribution in [0.25, 0.3) is 0 Å². The molecule has 0 spiro atoms. The summed E-state index contributed by atoms with van der Waals surface area (Å²) in [4.78, 5) is 27.9. The highest BCUT2D eigenvalue weighted by molar-refractivity contribution is 5.79. The van der Waals surface area contributed by atoms with Gasteiger partial charge in [0.2, 0.25) is 0 Å². The predicted molar refractivity (Wildman–Crippen MR) is 94.0 cm³/mol. The fourth-order valence-electron chi connectivity index (χ4n) is 3.83. The van der Waals surface area contributed by atoms with Crippen LogP contribution in [0, 0.1) is 11.3 Å². The van der Waals surface area contributed by atoms with Crippen LogP contribution in [0.2, 0.25) is 0 Å². The SMILES string of the molecule is CC(C)C(CNC(=O)N1CCC(C)(C(=O)O)C1)N1CCCCCC1. The monoisotopic (exact) mass is 339 g/mol. The molecule has 2 aliphatic heterocycles. The maximum atomic E-state index is 12.4. The highest BCUT2D eigenvalue weighted by Crippen LogP contribution is 2.30. The van der Waals surface area contributed by atoms with E-state index in [2.05, 4.69) is 24.1 Å². The Balaban J connectivity index is 1.87. The summed E-state index contributed by atoms with van der Waals surface area (Å²) in [6.45, 7) is 9.81. The number of hydrogen-bond acceptors (Lipinski definition) is 3. The minimum atomic E-state index is -0.817. The average Bonchev–Trinajstić information content (AvgIpc) is 2.76. The van der Waals surface area contributed by atoms with E-state index in [0.29, 0.717) is 38.0 Å². The molecular weight excluding hydrogens is 306 g/mol. The first-order valence-corrected chi connectivity index (χ1v) is 9.34. The van der Waals surface area contributed by atoms with Crippen molar-refractivity contribution in [1.29, 1.82) is 0 Å². The maximum absolute atomic E-state index is 12.4. The number of carboxylic acid groups (broad SMARTS) is 1. The van der Waals surface area contributed by atoms with E-state index in [-0.39, 0.29) is 6.03 Å². The number of nitrogens with one attached hydrogen (secondary N) is 1. The number of carbonyl (C=O) groups is 2. The second-order valence-corrected chi connectivity index (χ2v) is 7.98. The van der Waals surface area contributed by atoms with Gasteiger partial charge in [-0.05, 0) is 45.2 Å². The van der Waals surface area contributed by atoms with Crippen LogP contribution in [-0.4, -0.2) is 65.7 Å². The molecule has 0 aromatic heterocycles. The van der Waals surface area contributed by atoms with Gasteiger partial charge < -0.3 is 15.3 Å². The number of likely N-dealkylation sites (tertiary alicyclic amines) is 2. The summed E-state index contributed by atoms with van der Waals surface area (Å²) in [5.41, 5.74) is -0.806. The van der Waals surface area contributed by atoms with Crippen LogP contribution >= 0.6 is 0 Å². The Kier molecular flexibility index (Phi) is 6.49. The molecule has 0 aliphatic carbocycles. The van der Waals surface area contributed by atoms with Crippen LogP contribution in [0.4, 0.5) is 4.79 Å². The van der Waals surface area contributed by atoms with Gasteiger partial charge in [0.1, 0.15) is 0 Å². The molecule has 0 aromatic carbocycles. The van der Waals surface area contributed by atoms with E-state index in [4.69, 9.17) is 0 Å². The van der Waals surface area contributed by atoms with Crippen LogP contribution in [0.1, 0.15) is 52.9 Å². The van der Waals surface area contributed by atoms with E-state index in [1.807, 2.05) is 0 Å². The number of carbonyl (C=O) groups excluding carboxylic acids is 1. The highest BCUT2D eigenvalue weighted by Gasteiger charge is 2.42. The fraction of sp³-hybridized carbons (Fsp3) is 0.889. The smallest absolute Gasteiger partial charge is 0.317 e. The zero-order chi connectivity index (χ0) is 17.7. The molecule has 2 amide bonds. The lowest BCUT2D eigenvalue weighted by molar-refractivity contribution is -0.147. The van der Waals surface area contributed by atoms with Gasteiger partial charge >= 0.3 is 12.0 Å². The Morgan fingerprint density at radius 2 is 1.75 bits per heavy atom. The molecular formula is C18H33N3O3. The van der Waals surface area contributed by atoms with E-state index < -0.39 is 11.4 Å². The van der Waals surface area contributed by atoms with Gasteiger partial charge in [0.25, 0.3) is 0 Å². The summed E-state index contributed by atoms with van der Waals surface area (Å²) in [5, 5.41) is 12.3. The standard InChI is InChI=1S/C18H33N3O3/c1-14(2)15(20-9-6-4-5-7-10-20)12-19-17(24)21-11-8-18(3,13-21)16(22)23/h14-15H,4-13H2,1-3H3,(H,19,24)(H,22,23). The summed E-state index contributed by atoms with van der Waals surface area (Å²) in [5.74, 6) is -0.339. The van der Waals surface area contributed by atoms with Crippen LogP contribution in [0.3, 0.4) is 0 Å². The van der Waals surface area contributed by atoms with Crippen molar-refractivity contribution in [3.63, 3.8) is 0 Å². The van der Waals surface area contributed by atoms with Crippen LogP contribution in [-0.2, 0) is 4.79 Å². The van der Waals surface area contributed by atoms with E-state index in [1.165, 1.54) is 25.7 Å². The number of rotatable bonds is 5. The van der Waals surface area contributed by atoms with Gasteiger partial charge in [-0.3, -0.25) is 9.69 Å². The number of amides is 2. The first kappa shape index (κ1) is 19.0. The number of urea groups is 1. The lowest BCUT2D eigenvalue weighted by Gasteiger charge is -2.34. The third-order valence-electron chi connectivity index (χ3n) is 5.62. The largest absolute Gasteiger partial charge is 0.481 e. The molecule has 2 fully saturated rings. The van der Waals surface area contributed by atoms with E-state index in [1.54, 1.807) is 11.8 Å². The zero-order valence-corrected chi connectivity index (χ0v) is 15.4. The number of carboxylic acids is 1. The molecule has 0 radical (unpaired) electrons.